The third-order valence-electron chi connectivity index (χ3n) is 0.675. The SMILES string of the molecule is C=CC(=O)O[N+](C)(C)C.CC[C]=O. The van der Waals surface area contributed by atoms with Gasteiger partial charge in [-0.1, -0.05) is 13.5 Å². The van der Waals surface area contributed by atoms with Crippen LogP contribution in [0.15, 0.2) is 12.7 Å². The monoisotopic (exact) mass is 187 g/mol. The van der Waals surface area contributed by atoms with Crippen LogP contribution in [0.25, 0.3) is 0 Å². The Balaban J connectivity index is 0. The first-order chi connectivity index (χ1) is 5.87. The third kappa shape index (κ3) is 18.1. The van der Waals surface area contributed by atoms with Crippen molar-refractivity contribution in [2.45, 2.75) is 13.3 Å². The Morgan fingerprint density at radius 2 is 1.92 bits per heavy atom. The number of hydrogen-bond acceptors (Lipinski definition) is 3. The lowest BCUT2D eigenvalue weighted by molar-refractivity contribution is -1.04. The summed E-state index contributed by atoms with van der Waals surface area (Å²) in [6.07, 6.45) is 3.34. The van der Waals surface area contributed by atoms with Gasteiger partial charge in [0.1, 0.15) is 21.1 Å². The molecule has 1 radical (unpaired) electrons. The topological polar surface area (TPSA) is 43.4 Å². The van der Waals surface area contributed by atoms with E-state index in [0.29, 0.717) is 6.42 Å². The predicted molar refractivity (Wildman–Crippen MR) is 50.3 cm³/mol. The van der Waals surface area contributed by atoms with Gasteiger partial charge in [0.05, 0.1) is 0 Å². The van der Waals surface area contributed by atoms with Crippen molar-refractivity contribution in [2.75, 3.05) is 21.1 Å². The molecule has 4 nitrogen and oxygen atoms in total. The standard InChI is InChI=1S/C6H12NO2.C3H5O/c1-5-6(8)9-7(2,3)4;1-2-3-4/h5H,1H2,2-4H3;2H2,1H3/q+1;. The molecule has 0 N–H and O–H groups in total. The number of hydroxylamine groups is 3. The number of nitrogens with zero attached hydrogens (tertiary/aromatic N) is 1. The van der Waals surface area contributed by atoms with Crippen LogP contribution in [-0.4, -0.2) is 38.0 Å². The van der Waals surface area contributed by atoms with Gasteiger partial charge in [0.25, 0.3) is 0 Å². The smallest absolute Gasteiger partial charge is 0.291 e. The average molecular weight is 187 g/mol. The van der Waals surface area contributed by atoms with Gasteiger partial charge < -0.3 is 0 Å². The maximum atomic E-state index is 10.5. The van der Waals surface area contributed by atoms with E-state index in [-0.39, 0.29) is 4.65 Å². The van der Waals surface area contributed by atoms with Gasteiger partial charge in [0, 0.05) is 12.5 Å². The molecule has 0 aromatic heterocycles. The van der Waals surface area contributed by atoms with E-state index in [4.69, 9.17) is 9.63 Å². The van der Waals surface area contributed by atoms with Crippen molar-refractivity contribution < 1.29 is 19.1 Å². The quantitative estimate of drug-likeness (QED) is 0.373. The van der Waals surface area contributed by atoms with Crippen LogP contribution >= 0.6 is 0 Å². The Hall–Kier alpha value is -1.16. The highest BCUT2D eigenvalue weighted by molar-refractivity contribution is 5.80. The Bertz CT molecular complexity index is 170. The maximum Gasteiger partial charge on any atom is 0.389 e. The molecule has 0 heterocycles. The lowest BCUT2D eigenvalue weighted by Crippen LogP contribution is -2.36. The first kappa shape index (κ1) is 14.4. The van der Waals surface area contributed by atoms with Crippen molar-refractivity contribution in [3.8, 4) is 0 Å². The van der Waals surface area contributed by atoms with Gasteiger partial charge in [-0.2, -0.15) is 0 Å². The van der Waals surface area contributed by atoms with E-state index in [9.17, 15) is 4.79 Å². The van der Waals surface area contributed by atoms with Gasteiger partial charge in [0.2, 0.25) is 0 Å². The fourth-order valence-electron chi connectivity index (χ4n) is 0.307. The van der Waals surface area contributed by atoms with Crippen molar-refractivity contribution in [3.63, 3.8) is 0 Å². The van der Waals surface area contributed by atoms with Crippen molar-refractivity contribution in [2.24, 2.45) is 0 Å². The van der Waals surface area contributed by atoms with Crippen LogP contribution in [0.2, 0.25) is 0 Å². The van der Waals surface area contributed by atoms with Crippen LogP contribution in [0.1, 0.15) is 13.3 Å². The van der Waals surface area contributed by atoms with E-state index in [1.54, 1.807) is 34.4 Å². The van der Waals surface area contributed by atoms with Crippen molar-refractivity contribution in [1.29, 1.82) is 0 Å². The number of carbonyl (C=O) groups excluding carboxylic acids is 2. The molecule has 75 valence electrons. The predicted octanol–water partition coefficient (Wildman–Crippen LogP) is 0.843. The van der Waals surface area contributed by atoms with E-state index in [1.165, 1.54) is 0 Å². The highest BCUT2D eigenvalue weighted by Gasteiger charge is 2.11. The molecule has 13 heavy (non-hydrogen) atoms. The minimum Gasteiger partial charge on any atom is -0.291 e. The van der Waals surface area contributed by atoms with Gasteiger partial charge in [0.15, 0.2) is 6.29 Å². The molecule has 0 bridgehead atoms. The average Bonchev–Trinajstić information content (AvgIpc) is 2.02. The summed E-state index contributed by atoms with van der Waals surface area (Å²) < 4.78 is 0.171. The van der Waals surface area contributed by atoms with Gasteiger partial charge in [-0.15, -0.1) is 4.65 Å². The minimum absolute atomic E-state index is 0.171. The minimum atomic E-state index is -0.400. The summed E-state index contributed by atoms with van der Waals surface area (Å²) in [5, 5.41) is 0. The number of quaternary nitrogens is 1. The first-order valence-corrected chi connectivity index (χ1v) is 3.89. The lowest BCUT2D eigenvalue weighted by Gasteiger charge is -2.18. The highest BCUT2D eigenvalue weighted by Crippen LogP contribution is 1.92. The van der Waals surface area contributed by atoms with Gasteiger partial charge >= 0.3 is 5.97 Å². The molecule has 0 saturated heterocycles. The Kier molecular flexibility index (Phi) is 8.28. The number of carbonyl (C=O) groups is 1. The van der Waals surface area contributed by atoms with Crippen LogP contribution in [0, 0.1) is 0 Å². The summed E-state index contributed by atoms with van der Waals surface area (Å²) in [7, 11) is 5.25. The summed E-state index contributed by atoms with van der Waals surface area (Å²) in [4.78, 5) is 24.3. The summed E-state index contributed by atoms with van der Waals surface area (Å²) in [6, 6.07) is 0. The Labute approximate surface area is 79.3 Å². The van der Waals surface area contributed by atoms with Gasteiger partial charge in [-0.05, 0) is 0 Å². The van der Waals surface area contributed by atoms with Crippen LogP contribution in [0.5, 0.6) is 0 Å². The van der Waals surface area contributed by atoms with E-state index in [2.05, 4.69) is 6.58 Å². The normalized spacial score (nSPS) is 9.23. The van der Waals surface area contributed by atoms with Crippen molar-refractivity contribution in [1.82, 2.24) is 0 Å². The largest absolute Gasteiger partial charge is 0.389 e. The molecule has 4 heteroatoms. The molecule has 0 aromatic rings. The molecule has 0 unspecified atom stereocenters. The second-order valence-corrected chi connectivity index (χ2v) is 3.00. The fraction of sp³-hybridized carbons (Fsp3) is 0.556. The molecule has 0 rings (SSSR count). The molecule has 0 saturated carbocycles. The first-order valence-electron chi connectivity index (χ1n) is 3.89. The highest BCUT2D eigenvalue weighted by atomic mass is 16.7. The lowest BCUT2D eigenvalue weighted by atomic mass is 10.6. The fourth-order valence-corrected chi connectivity index (χ4v) is 0.307. The molecule has 0 amide bonds. The summed E-state index contributed by atoms with van der Waals surface area (Å²) in [5.74, 6) is -0.400. The summed E-state index contributed by atoms with van der Waals surface area (Å²) >= 11 is 0. The third-order valence-corrected chi connectivity index (χ3v) is 0.675. The second kappa shape index (κ2) is 7.49. The van der Waals surface area contributed by atoms with E-state index in [0.717, 1.165) is 6.08 Å². The molecule has 0 aromatic carbocycles. The van der Waals surface area contributed by atoms with E-state index < -0.39 is 5.97 Å². The Morgan fingerprint density at radius 1 is 1.54 bits per heavy atom. The summed E-state index contributed by atoms with van der Waals surface area (Å²) in [5.41, 5.74) is 0. The van der Waals surface area contributed by atoms with E-state index in [1.807, 2.05) is 0 Å². The van der Waals surface area contributed by atoms with Gasteiger partial charge in [-0.25, -0.2) is 4.79 Å². The van der Waals surface area contributed by atoms with Crippen LogP contribution in [0.3, 0.4) is 0 Å². The zero-order chi connectivity index (χ0) is 10.9. The zero-order valence-corrected chi connectivity index (χ0v) is 8.66. The second-order valence-electron chi connectivity index (χ2n) is 3.00. The molecule has 0 fully saturated rings. The summed E-state index contributed by atoms with van der Waals surface area (Å²) in [6.45, 7) is 5.02. The van der Waals surface area contributed by atoms with Crippen LogP contribution in [0.4, 0.5) is 0 Å². The molecule has 0 aliphatic rings. The zero-order valence-electron chi connectivity index (χ0n) is 8.66. The molecular weight excluding hydrogens is 170 g/mol. The van der Waals surface area contributed by atoms with Gasteiger partial charge in [-0.3, -0.25) is 9.63 Å². The number of hydrogen-bond donors (Lipinski definition) is 0. The van der Waals surface area contributed by atoms with Crippen molar-refractivity contribution in [3.05, 3.63) is 12.7 Å². The Morgan fingerprint density at radius 3 is 2.00 bits per heavy atom. The van der Waals surface area contributed by atoms with Crippen LogP contribution < -0.4 is 0 Å². The van der Waals surface area contributed by atoms with E-state index >= 15 is 0 Å². The van der Waals surface area contributed by atoms with Crippen LogP contribution in [-0.2, 0) is 14.4 Å². The molecule has 0 atom stereocenters. The van der Waals surface area contributed by atoms with Crippen molar-refractivity contribution >= 4 is 12.3 Å². The molecule has 0 spiro atoms. The molecular formula is C9H17NO3+. The maximum absolute atomic E-state index is 10.5. The molecule has 0 aliphatic carbocycles. The molecule has 0 aliphatic heterocycles. The number of rotatable bonds is 3.